The fourth-order valence-electron chi connectivity index (χ4n) is 1.64. The summed E-state index contributed by atoms with van der Waals surface area (Å²) < 4.78 is 26.8. The lowest BCUT2D eigenvalue weighted by Crippen LogP contribution is -2.47. The molecule has 0 radical (unpaired) electrons. The van der Waals surface area contributed by atoms with Crippen LogP contribution in [0.3, 0.4) is 0 Å². The summed E-state index contributed by atoms with van der Waals surface area (Å²) in [5.41, 5.74) is -1.04. The average molecular weight is 304 g/mol. The van der Waals surface area contributed by atoms with Crippen LogP contribution in [0.1, 0.15) is 6.42 Å². The lowest BCUT2D eigenvalue weighted by Gasteiger charge is -2.21. The Morgan fingerprint density at radius 2 is 2.39 bits per heavy atom. The minimum Gasteiger partial charge on any atom is -0.243 e. The summed E-state index contributed by atoms with van der Waals surface area (Å²) in [6.07, 6.45) is 1.90. The lowest BCUT2D eigenvalue weighted by atomic mass is 10.0. The molecule has 0 saturated carbocycles. The number of thioether (sulfide) groups is 1. The van der Waals surface area contributed by atoms with Gasteiger partial charge in [-0.15, -0.1) is 0 Å². The number of pyridine rings is 1. The van der Waals surface area contributed by atoms with E-state index in [1.807, 2.05) is 6.07 Å². The Morgan fingerprint density at radius 3 is 2.94 bits per heavy atom. The Hall–Kier alpha value is -0.810. The van der Waals surface area contributed by atoms with Gasteiger partial charge in [0.25, 0.3) is 0 Å². The number of sulfonamides is 1. The van der Waals surface area contributed by atoms with E-state index in [9.17, 15) is 8.42 Å². The normalized spacial score (nSPS) is 23.8. The van der Waals surface area contributed by atoms with Crippen molar-refractivity contribution in [2.24, 2.45) is 0 Å². The van der Waals surface area contributed by atoms with Gasteiger partial charge in [-0.2, -0.15) is 21.7 Å². The summed E-state index contributed by atoms with van der Waals surface area (Å²) in [5.74, 6) is 1.21. The summed E-state index contributed by atoms with van der Waals surface area (Å²) in [4.78, 5) is 3.63. The van der Waals surface area contributed by atoms with E-state index >= 15 is 0 Å². The van der Waals surface area contributed by atoms with Crippen LogP contribution in [0.2, 0.25) is 5.15 Å². The van der Waals surface area contributed by atoms with E-state index in [-0.39, 0.29) is 10.0 Å². The van der Waals surface area contributed by atoms with Crippen molar-refractivity contribution in [1.82, 2.24) is 9.71 Å². The predicted molar refractivity (Wildman–Crippen MR) is 69.9 cm³/mol. The first-order valence-electron chi connectivity index (χ1n) is 5.13. The molecule has 2 heterocycles. The highest BCUT2D eigenvalue weighted by molar-refractivity contribution is 7.99. The monoisotopic (exact) mass is 303 g/mol. The fraction of sp³-hybridized carbons (Fsp3) is 0.400. The first-order chi connectivity index (χ1) is 8.49. The van der Waals surface area contributed by atoms with Crippen molar-refractivity contribution in [3.05, 3.63) is 23.5 Å². The summed E-state index contributed by atoms with van der Waals surface area (Å²) in [6.45, 7) is 0. The molecule has 18 heavy (non-hydrogen) atoms. The first kappa shape index (κ1) is 13.6. The number of nitriles is 1. The molecule has 96 valence electrons. The van der Waals surface area contributed by atoms with Gasteiger partial charge in [0.15, 0.2) is 0 Å². The lowest BCUT2D eigenvalue weighted by molar-refractivity contribution is 0.514. The molecule has 1 aromatic heterocycles. The van der Waals surface area contributed by atoms with E-state index < -0.39 is 15.6 Å². The second-order valence-electron chi connectivity index (χ2n) is 3.89. The number of aromatic nitrogens is 1. The Balaban J connectivity index is 2.34. The molecule has 2 rings (SSSR count). The van der Waals surface area contributed by atoms with Gasteiger partial charge in [-0.25, -0.2) is 13.4 Å². The average Bonchev–Trinajstić information content (AvgIpc) is 2.78. The van der Waals surface area contributed by atoms with Gasteiger partial charge in [-0.1, -0.05) is 11.6 Å². The number of rotatable bonds is 3. The molecular weight excluding hydrogens is 294 g/mol. The second kappa shape index (κ2) is 5.05. The molecule has 1 N–H and O–H groups in total. The van der Waals surface area contributed by atoms with E-state index in [0.717, 1.165) is 5.75 Å². The van der Waals surface area contributed by atoms with Crippen molar-refractivity contribution in [2.45, 2.75) is 16.9 Å². The number of halogens is 1. The Bertz CT molecular complexity index is 591. The maximum absolute atomic E-state index is 12.2. The zero-order valence-corrected chi connectivity index (χ0v) is 11.6. The Kier molecular flexibility index (Phi) is 3.82. The molecule has 0 aromatic carbocycles. The molecule has 1 saturated heterocycles. The van der Waals surface area contributed by atoms with Crippen LogP contribution in [0.4, 0.5) is 0 Å². The number of nitrogens with one attached hydrogen (secondary N) is 1. The van der Waals surface area contributed by atoms with E-state index in [0.29, 0.717) is 12.2 Å². The number of hydrogen-bond acceptors (Lipinski definition) is 5. The van der Waals surface area contributed by atoms with Crippen molar-refractivity contribution in [3.8, 4) is 6.07 Å². The van der Waals surface area contributed by atoms with Crippen LogP contribution >= 0.6 is 23.4 Å². The quantitative estimate of drug-likeness (QED) is 0.854. The topological polar surface area (TPSA) is 82.9 Å². The SMILES string of the molecule is N#CC1(NS(=O)(=O)c2cccnc2Cl)CCSC1. The zero-order chi connectivity index (χ0) is 13.2. The van der Waals surface area contributed by atoms with Gasteiger partial charge in [0, 0.05) is 11.9 Å². The maximum atomic E-state index is 12.2. The van der Waals surface area contributed by atoms with Gasteiger partial charge in [-0.05, 0) is 24.3 Å². The molecule has 0 amide bonds. The van der Waals surface area contributed by atoms with Crippen molar-refractivity contribution >= 4 is 33.4 Å². The highest BCUT2D eigenvalue weighted by Crippen LogP contribution is 2.29. The van der Waals surface area contributed by atoms with E-state index in [1.54, 1.807) is 11.8 Å². The summed E-state index contributed by atoms with van der Waals surface area (Å²) in [6, 6.07) is 4.90. The highest BCUT2D eigenvalue weighted by atomic mass is 35.5. The number of nitrogens with zero attached hydrogens (tertiary/aromatic N) is 2. The van der Waals surface area contributed by atoms with Crippen LogP contribution in [0.15, 0.2) is 23.2 Å². The third-order valence-corrected chi connectivity index (χ3v) is 5.75. The molecule has 1 aromatic rings. The molecule has 1 aliphatic rings. The van der Waals surface area contributed by atoms with Gasteiger partial charge < -0.3 is 0 Å². The molecule has 1 aliphatic heterocycles. The molecule has 8 heteroatoms. The smallest absolute Gasteiger partial charge is 0.243 e. The summed E-state index contributed by atoms with van der Waals surface area (Å²) in [7, 11) is -3.83. The maximum Gasteiger partial charge on any atom is 0.245 e. The van der Waals surface area contributed by atoms with E-state index in [4.69, 9.17) is 16.9 Å². The van der Waals surface area contributed by atoms with Crippen LogP contribution < -0.4 is 4.72 Å². The van der Waals surface area contributed by atoms with Crippen LogP contribution in [0.25, 0.3) is 0 Å². The number of hydrogen-bond donors (Lipinski definition) is 1. The van der Waals surface area contributed by atoms with Crippen LogP contribution in [0.5, 0.6) is 0 Å². The third kappa shape index (κ3) is 2.62. The van der Waals surface area contributed by atoms with E-state index in [1.165, 1.54) is 18.3 Å². The van der Waals surface area contributed by atoms with Gasteiger partial charge in [0.1, 0.15) is 15.6 Å². The fourth-order valence-corrected chi connectivity index (χ4v) is 4.80. The third-order valence-electron chi connectivity index (χ3n) is 2.58. The van der Waals surface area contributed by atoms with Gasteiger partial charge >= 0.3 is 0 Å². The Morgan fingerprint density at radius 1 is 1.61 bits per heavy atom. The molecule has 5 nitrogen and oxygen atoms in total. The zero-order valence-electron chi connectivity index (χ0n) is 9.26. The van der Waals surface area contributed by atoms with Crippen molar-refractivity contribution in [2.75, 3.05) is 11.5 Å². The van der Waals surface area contributed by atoms with Crippen LogP contribution in [-0.4, -0.2) is 30.4 Å². The molecule has 1 fully saturated rings. The van der Waals surface area contributed by atoms with Crippen LogP contribution in [-0.2, 0) is 10.0 Å². The van der Waals surface area contributed by atoms with Gasteiger partial charge in [0.05, 0.1) is 6.07 Å². The summed E-state index contributed by atoms with van der Waals surface area (Å²) >= 11 is 7.31. The molecular formula is C10H10ClN3O2S2. The van der Waals surface area contributed by atoms with Crippen molar-refractivity contribution in [3.63, 3.8) is 0 Å². The molecule has 1 unspecified atom stereocenters. The molecule has 0 aliphatic carbocycles. The van der Waals surface area contributed by atoms with Gasteiger partial charge in [-0.3, -0.25) is 0 Å². The van der Waals surface area contributed by atoms with Crippen LogP contribution in [0, 0.1) is 11.3 Å². The first-order valence-corrected chi connectivity index (χ1v) is 8.14. The molecule has 1 atom stereocenters. The standard InChI is InChI=1S/C10H10ClN3O2S2/c11-9-8(2-1-4-13-9)18(15,16)14-10(6-12)3-5-17-7-10/h1-2,4,14H,3,5,7H2. The van der Waals surface area contributed by atoms with Crippen molar-refractivity contribution < 1.29 is 8.42 Å². The van der Waals surface area contributed by atoms with Crippen molar-refractivity contribution in [1.29, 1.82) is 5.26 Å². The minimum absolute atomic E-state index is 0.0938. The Labute approximate surface area is 115 Å². The predicted octanol–water partition coefficient (Wildman–Crippen LogP) is 1.41. The minimum atomic E-state index is -3.83. The summed E-state index contributed by atoms with van der Waals surface area (Å²) in [5, 5.41) is 9.06. The van der Waals surface area contributed by atoms with E-state index in [2.05, 4.69) is 9.71 Å². The largest absolute Gasteiger partial charge is 0.245 e. The van der Waals surface area contributed by atoms with Gasteiger partial charge in [0.2, 0.25) is 10.0 Å². The second-order valence-corrected chi connectivity index (χ2v) is 7.01. The molecule has 0 spiro atoms. The highest BCUT2D eigenvalue weighted by Gasteiger charge is 2.39. The molecule has 0 bridgehead atoms.